The van der Waals surface area contributed by atoms with Crippen molar-refractivity contribution in [2.45, 2.75) is 39.8 Å². The standard InChI is InChI=1S/C10H10ClF3.C2H6/c1-6(2)8-4-3-7(5-9(8)11)10(12,13)14;1-2/h3-6H,1-2H3;1-2H3. The van der Waals surface area contributed by atoms with Crippen LogP contribution in [0.5, 0.6) is 0 Å². The van der Waals surface area contributed by atoms with Crippen LogP contribution in [0.25, 0.3) is 0 Å². The Hall–Kier alpha value is -0.700. The fourth-order valence-electron chi connectivity index (χ4n) is 1.17. The monoisotopic (exact) mass is 252 g/mol. The molecular formula is C12H16ClF3. The van der Waals surface area contributed by atoms with Crippen LogP contribution in [0.15, 0.2) is 18.2 Å². The van der Waals surface area contributed by atoms with Gasteiger partial charge in [-0.2, -0.15) is 13.2 Å². The normalized spacial score (nSPS) is 11.1. The molecule has 0 amide bonds. The first-order valence-electron chi connectivity index (χ1n) is 5.19. The zero-order chi connectivity index (χ0) is 12.9. The lowest BCUT2D eigenvalue weighted by atomic mass is 10.0. The zero-order valence-electron chi connectivity index (χ0n) is 9.82. The van der Waals surface area contributed by atoms with Crippen LogP contribution in [0, 0.1) is 0 Å². The molecule has 0 nitrogen and oxygen atoms in total. The lowest BCUT2D eigenvalue weighted by Crippen LogP contribution is -2.05. The van der Waals surface area contributed by atoms with Gasteiger partial charge in [-0.25, -0.2) is 0 Å². The number of hydrogen-bond acceptors (Lipinski definition) is 0. The van der Waals surface area contributed by atoms with E-state index in [0.29, 0.717) is 0 Å². The molecule has 0 aliphatic heterocycles. The molecule has 0 saturated carbocycles. The summed E-state index contributed by atoms with van der Waals surface area (Å²) in [6, 6.07) is 3.45. The van der Waals surface area contributed by atoms with Gasteiger partial charge in [-0.05, 0) is 23.6 Å². The molecule has 0 saturated heterocycles. The van der Waals surface area contributed by atoms with Crippen molar-refractivity contribution in [3.63, 3.8) is 0 Å². The summed E-state index contributed by atoms with van der Waals surface area (Å²) in [5.74, 6) is 0.129. The van der Waals surface area contributed by atoms with E-state index in [1.54, 1.807) is 0 Å². The van der Waals surface area contributed by atoms with Gasteiger partial charge in [-0.1, -0.05) is 45.4 Å². The van der Waals surface area contributed by atoms with Crippen molar-refractivity contribution in [2.75, 3.05) is 0 Å². The molecule has 0 fully saturated rings. The van der Waals surface area contributed by atoms with E-state index in [0.717, 1.165) is 17.7 Å². The molecule has 0 aliphatic carbocycles. The van der Waals surface area contributed by atoms with Gasteiger partial charge in [0.2, 0.25) is 0 Å². The molecule has 4 heteroatoms. The highest BCUT2D eigenvalue weighted by atomic mass is 35.5. The predicted molar refractivity (Wildman–Crippen MR) is 61.9 cm³/mol. The number of rotatable bonds is 1. The van der Waals surface area contributed by atoms with Gasteiger partial charge in [0.15, 0.2) is 0 Å². The van der Waals surface area contributed by atoms with E-state index in [1.807, 2.05) is 27.7 Å². The van der Waals surface area contributed by atoms with Crippen LogP contribution in [0.2, 0.25) is 5.02 Å². The first-order chi connectivity index (χ1) is 7.32. The summed E-state index contributed by atoms with van der Waals surface area (Å²) in [5, 5.41) is 0.176. The van der Waals surface area contributed by atoms with E-state index in [4.69, 9.17) is 11.6 Å². The Balaban J connectivity index is 0.00000106. The highest BCUT2D eigenvalue weighted by molar-refractivity contribution is 6.31. The Morgan fingerprint density at radius 1 is 1.12 bits per heavy atom. The van der Waals surface area contributed by atoms with Gasteiger partial charge in [0.25, 0.3) is 0 Å². The molecular weight excluding hydrogens is 237 g/mol. The third kappa shape index (κ3) is 4.05. The van der Waals surface area contributed by atoms with Gasteiger partial charge in [0, 0.05) is 5.02 Å². The topological polar surface area (TPSA) is 0 Å². The molecule has 0 aliphatic rings. The molecule has 92 valence electrons. The van der Waals surface area contributed by atoms with Crippen molar-refractivity contribution < 1.29 is 13.2 Å². The van der Waals surface area contributed by atoms with E-state index in [1.165, 1.54) is 6.07 Å². The smallest absolute Gasteiger partial charge is 0.166 e. The van der Waals surface area contributed by atoms with Crippen molar-refractivity contribution in [2.24, 2.45) is 0 Å². The van der Waals surface area contributed by atoms with Crippen molar-refractivity contribution in [1.29, 1.82) is 0 Å². The molecule has 0 unspecified atom stereocenters. The molecule has 1 aromatic carbocycles. The third-order valence-electron chi connectivity index (χ3n) is 1.95. The van der Waals surface area contributed by atoms with Crippen molar-refractivity contribution in [3.05, 3.63) is 34.3 Å². The molecule has 0 spiro atoms. The number of alkyl halides is 3. The average Bonchev–Trinajstić information content (AvgIpc) is 2.18. The van der Waals surface area contributed by atoms with Crippen LogP contribution in [-0.4, -0.2) is 0 Å². The molecule has 16 heavy (non-hydrogen) atoms. The minimum atomic E-state index is -4.32. The first-order valence-corrected chi connectivity index (χ1v) is 5.57. The van der Waals surface area contributed by atoms with E-state index in [2.05, 4.69) is 0 Å². The van der Waals surface area contributed by atoms with Gasteiger partial charge in [-0.3, -0.25) is 0 Å². The Kier molecular flexibility index (Phi) is 5.87. The predicted octanol–water partition coefficient (Wildman–Crippen LogP) is 5.51. The molecule has 0 atom stereocenters. The van der Waals surface area contributed by atoms with Gasteiger partial charge in [0.1, 0.15) is 0 Å². The third-order valence-corrected chi connectivity index (χ3v) is 2.28. The number of hydrogen-bond donors (Lipinski definition) is 0. The minimum Gasteiger partial charge on any atom is -0.166 e. The summed E-state index contributed by atoms with van der Waals surface area (Å²) < 4.78 is 36.7. The van der Waals surface area contributed by atoms with E-state index in [9.17, 15) is 13.2 Å². The summed E-state index contributed by atoms with van der Waals surface area (Å²) in [5.41, 5.74) is 0.0339. The second-order valence-electron chi connectivity index (χ2n) is 3.39. The Morgan fingerprint density at radius 2 is 1.62 bits per heavy atom. The molecule has 1 rings (SSSR count). The Bertz CT molecular complexity index is 330. The summed E-state index contributed by atoms with van der Waals surface area (Å²) in [6.07, 6.45) is -4.32. The lowest BCUT2D eigenvalue weighted by Gasteiger charge is -2.11. The molecule has 0 aromatic heterocycles. The van der Waals surface area contributed by atoms with E-state index in [-0.39, 0.29) is 10.9 Å². The summed E-state index contributed by atoms with van der Waals surface area (Å²) in [7, 11) is 0. The molecule has 0 bridgehead atoms. The first kappa shape index (κ1) is 15.3. The molecule has 0 heterocycles. The quantitative estimate of drug-likeness (QED) is 0.618. The van der Waals surface area contributed by atoms with Gasteiger partial charge >= 0.3 is 6.18 Å². The molecule has 1 aromatic rings. The highest BCUT2D eigenvalue weighted by Gasteiger charge is 2.30. The maximum atomic E-state index is 12.2. The second kappa shape index (κ2) is 6.14. The maximum absolute atomic E-state index is 12.2. The zero-order valence-corrected chi connectivity index (χ0v) is 10.6. The van der Waals surface area contributed by atoms with Crippen LogP contribution in [-0.2, 0) is 6.18 Å². The summed E-state index contributed by atoms with van der Waals surface area (Å²) >= 11 is 5.73. The number of halogens is 4. The van der Waals surface area contributed by atoms with Crippen molar-refractivity contribution in [1.82, 2.24) is 0 Å². The van der Waals surface area contributed by atoms with Crippen LogP contribution in [0.3, 0.4) is 0 Å². The largest absolute Gasteiger partial charge is 0.416 e. The maximum Gasteiger partial charge on any atom is 0.416 e. The van der Waals surface area contributed by atoms with Crippen LogP contribution in [0.4, 0.5) is 13.2 Å². The fourth-order valence-corrected chi connectivity index (χ4v) is 1.57. The molecule has 0 radical (unpaired) electrons. The SMILES string of the molecule is CC.CC(C)c1ccc(C(F)(F)F)cc1Cl. The van der Waals surface area contributed by atoms with Crippen LogP contribution < -0.4 is 0 Å². The highest BCUT2D eigenvalue weighted by Crippen LogP contribution is 2.33. The van der Waals surface area contributed by atoms with Gasteiger partial charge in [-0.15, -0.1) is 0 Å². The summed E-state index contributed by atoms with van der Waals surface area (Å²) in [6.45, 7) is 7.77. The fraction of sp³-hybridized carbons (Fsp3) is 0.500. The Morgan fingerprint density at radius 3 is 1.94 bits per heavy atom. The van der Waals surface area contributed by atoms with Crippen LogP contribution >= 0.6 is 11.6 Å². The van der Waals surface area contributed by atoms with E-state index < -0.39 is 11.7 Å². The summed E-state index contributed by atoms with van der Waals surface area (Å²) in [4.78, 5) is 0. The second-order valence-corrected chi connectivity index (χ2v) is 3.80. The van der Waals surface area contributed by atoms with E-state index >= 15 is 0 Å². The lowest BCUT2D eigenvalue weighted by molar-refractivity contribution is -0.137. The van der Waals surface area contributed by atoms with Gasteiger partial charge in [0.05, 0.1) is 5.56 Å². The molecule has 0 N–H and O–H groups in total. The van der Waals surface area contributed by atoms with Crippen molar-refractivity contribution >= 4 is 11.6 Å². The van der Waals surface area contributed by atoms with Crippen LogP contribution in [0.1, 0.15) is 44.7 Å². The number of benzene rings is 1. The average molecular weight is 253 g/mol. The van der Waals surface area contributed by atoms with Gasteiger partial charge < -0.3 is 0 Å². The van der Waals surface area contributed by atoms with Crippen molar-refractivity contribution in [3.8, 4) is 0 Å². The minimum absolute atomic E-state index is 0.129. The Labute approximate surface area is 99.4 Å².